The molecule has 0 rings (SSSR count). The smallest absolute Gasteiger partial charge is 0.267 e. The zero-order valence-corrected chi connectivity index (χ0v) is 8.84. The predicted octanol–water partition coefficient (Wildman–Crippen LogP) is -0.176. The molecule has 74 valence electrons. The maximum absolute atomic E-state index is 10.7. The van der Waals surface area contributed by atoms with Crippen molar-refractivity contribution in [3.05, 3.63) is 0 Å². The van der Waals surface area contributed by atoms with Crippen LogP contribution in [-0.2, 0) is 13.6 Å². The van der Waals surface area contributed by atoms with Crippen LogP contribution in [-0.4, -0.2) is 45.9 Å². The maximum atomic E-state index is 10.7. The third-order valence-electron chi connectivity index (χ3n) is 1.24. The Labute approximate surface area is 73.1 Å². The van der Waals surface area contributed by atoms with Gasteiger partial charge in [0, 0.05) is 7.11 Å². The zero-order valence-electron chi connectivity index (χ0n) is 7.94. The molecule has 0 saturated carbocycles. The van der Waals surface area contributed by atoms with Crippen LogP contribution < -0.4 is 4.89 Å². The lowest BCUT2D eigenvalue weighted by Gasteiger charge is -2.26. The summed E-state index contributed by atoms with van der Waals surface area (Å²) in [5.74, 6) is 0. The van der Waals surface area contributed by atoms with Crippen molar-refractivity contribution in [1.29, 1.82) is 0 Å². The molecule has 0 heterocycles. The Morgan fingerprint density at radius 3 is 2.25 bits per heavy atom. The van der Waals surface area contributed by atoms with Gasteiger partial charge in [-0.1, -0.05) is 0 Å². The standard InChI is InChI=1S/C6H16NO4P/c1-7(2,3)5-6-11-12(8,9)10-4/h5-6H2,1-4H3. The largest absolute Gasteiger partial charge is 0.756 e. The second-order valence-electron chi connectivity index (χ2n) is 3.48. The molecule has 5 nitrogen and oxygen atoms in total. The average molecular weight is 197 g/mol. The average Bonchev–Trinajstić information content (AvgIpc) is 1.84. The number of nitrogens with zero attached hydrogens (tertiary/aromatic N) is 1. The van der Waals surface area contributed by atoms with Gasteiger partial charge in [-0.15, -0.1) is 0 Å². The Balaban J connectivity index is 3.65. The topological polar surface area (TPSA) is 58.6 Å². The Hall–Kier alpha value is 0.0700. The summed E-state index contributed by atoms with van der Waals surface area (Å²) >= 11 is 0. The molecule has 0 aliphatic carbocycles. The molecule has 0 fully saturated rings. The van der Waals surface area contributed by atoms with Gasteiger partial charge in [-0.2, -0.15) is 0 Å². The lowest BCUT2D eigenvalue weighted by atomic mass is 10.5. The lowest BCUT2D eigenvalue weighted by Crippen LogP contribution is -2.37. The third-order valence-corrected chi connectivity index (χ3v) is 2.18. The highest BCUT2D eigenvalue weighted by atomic mass is 31.2. The van der Waals surface area contributed by atoms with E-state index in [-0.39, 0.29) is 6.61 Å². The van der Waals surface area contributed by atoms with E-state index in [9.17, 15) is 9.46 Å². The van der Waals surface area contributed by atoms with Gasteiger partial charge in [-0.25, -0.2) is 0 Å². The van der Waals surface area contributed by atoms with Crippen molar-refractivity contribution in [2.75, 3.05) is 41.4 Å². The van der Waals surface area contributed by atoms with Crippen molar-refractivity contribution < 1.29 is 23.0 Å². The first-order valence-corrected chi connectivity index (χ1v) is 5.05. The lowest BCUT2D eigenvalue weighted by molar-refractivity contribution is -0.870. The Bertz CT molecular complexity index is 177. The number of hydrogen-bond acceptors (Lipinski definition) is 4. The monoisotopic (exact) mass is 197 g/mol. The number of likely N-dealkylation sites (N-methyl/N-ethyl adjacent to an activating group) is 1. The fourth-order valence-corrected chi connectivity index (χ4v) is 0.890. The zero-order chi connectivity index (χ0) is 9.83. The minimum Gasteiger partial charge on any atom is -0.756 e. The van der Waals surface area contributed by atoms with Crippen molar-refractivity contribution in [1.82, 2.24) is 0 Å². The van der Waals surface area contributed by atoms with Crippen LogP contribution in [0.15, 0.2) is 0 Å². The molecule has 1 atom stereocenters. The second-order valence-corrected chi connectivity index (χ2v) is 4.99. The molecular weight excluding hydrogens is 181 g/mol. The van der Waals surface area contributed by atoms with E-state index < -0.39 is 7.82 Å². The molecule has 0 aromatic carbocycles. The fourth-order valence-electron chi connectivity index (χ4n) is 0.479. The van der Waals surface area contributed by atoms with Gasteiger partial charge < -0.3 is 18.4 Å². The number of phosphoric ester groups is 1. The first kappa shape index (κ1) is 12.1. The normalized spacial score (nSPS) is 17.4. The van der Waals surface area contributed by atoms with Gasteiger partial charge in [-0.05, 0) is 0 Å². The highest BCUT2D eigenvalue weighted by molar-refractivity contribution is 7.45. The second kappa shape index (κ2) is 4.35. The molecule has 12 heavy (non-hydrogen) atoms. The number of phosphoric acid groups is 1. The summed E-state index contributed by atoms with van der Waals surface area (Å²) < 4.78 is 20.0. The van der Waals surface area contributed by atoms with E-state index in [1.165, 1.54) is 0 Å². The van der Waals surface area contributed by atoms with Crippen molar-refractivity contribution in [2.24, 2.45) is 0 Å². The summed E-state index contributed by atoms with van der Waals surface area (Å²) in [5.41, 5.74) is 0. The van der Waals surface area contributed by atoms with Gasteiger partial charge in [0.25, 0.3) is 7.82 Å². The van der Waals surface area contributed by atoms with Crippen LogP contribution in [0.4, 0.5) is 0 Å². The molecule has 0 saturated heterocycles. The summed E-state index contributed by atoms with van der Waals surface area (Å²) in [7, 11) is 2.91. The van der Waals surface area contributed by atoms with Crippen molar-refractivity contribution in [3.63, 3.8) is 0 Å². The first-order valence-electron chi connectivity index (χ1n) is 3.59. The first-order chi connectivity index (χ1) is 5.27. The molecule has 0 bridgehead atoms. The van der Waals surface area contributed by atoms with E-state index in [0.717, 1.165) is 7.11 Å². The summed E-state index contributed by atoms with van der Waals surface area (Å²) in [4.78, 5) is 10.7. The van der Waals surface area contributed by atoms with Crippen LogP contribution in [0.5, 0.6) is 0 Å². The van der Waals surface area contributed by atoms with Crippen molar-refractivity contribution >= 4 is 7.82 Å². The number of quaternary nitrogens is 1. The minimum atomic E-state index is -4.02. The SMILES string of the molecule is COP(=O)([O-])OCC[N+](C)(C)C. The number of hydrogen-bond donors (Lipinski definition) is 0. The summed E-state index contributed by atoms with van der Waals surface area (Å²) in [5, 5.41) is 0. The van der Waals surface area contributed by atoms with Crippen LogP contribution in [0.2, 0.25) is 0 Å². The van der Waals surface area contributed by atoms with Gasteiger partial charge in [-0.3, -0.25) is 4.57 Å². The summed E-state index contributed by atoms with van der Waals surface area (Å²) in [6, 6.07) is 0. The fraction of sp³-hybridized carbons (Fsp3) is 1.00. The summed E-state index contributed by atoms with van der Waals surface area (Å²) in [6.45, 7) is 0.772. The molecule has 0 spiro atoms. The molecule has 0 amide bonds. The van der Waals surface area contributed by atoms with E-state index in [1.54, 1.807) is 0 Å². The van der Waals surface area contributed by atoms with E-state index >= 15 is 0 Å². The van der Waals surface area contributed by atoms with Crippen molar-refractivity contribution in [2.45, 2.75) is 0 Å². The van der Waals surface area contributed by atoms with Crippen LogP contribution >= 0.6 is 7.82 Å². The van der Waals surface area contributed by atoms with Gasteiger partial charge in [0.1, 0.15) is 13.2 Å². The molecule has 1 unspecified atom stereocenters. The maximum Gasteiger partial charge on any atom is 0.267 e. The Morgan fingerprint density at radius 1 is 1.42 bits per heavy atom. The molecule has 0 radical (unpaired) electrons. The number of rotatable bonds is 5. The Kier molecular flexibility index (Phi) is 4.37. The molecule has 0 aromatic heterocycles. The quantitative estimate of drug-likeness (QED) is 0.453. The highest BCUT2D eigenvalue weighted by Gasteiger charge is 2.10. The van der Waals surface area contributed by atoms with Crippen LogP contribution in [0, 0.1) is 0 Å². The molecule has 0 aliphatic heterocycles. The van der Waals surface area contributed by atoms with Crippen molar-refractivity contribution in [3.8, 4) is 0 Å². The van der Waals surface area contributed by atoms with Gasteiger partial charge in [0.15, 0.2) is 0 Å². The summed E-state index contributed by atoms with van der Waals surface area (Å²) in [6.07, 6.45) is 0. The van der Waals surface area contributed by atoms with E-state index in [0.29, 0.717) is 11.0 Å². The minimum absolute atomic E-state index is 0.151. The van der Waals surface area contributed by atoms with Crippen LogP contribution in [0.1, 0.15) is 0 Å². The van der Waals surface area contributed by atoms with E-state index in [4.69, 9.17) is 0 Å². The predicted molar refractivity (Wildman–Crippen MR) is 43.5 cm³/mol. The molecule has 0 N–H and O–H groups in total. The highest BCUT2D eigenvalue weighted by Crippen LogP contribution is 2.36. The van der Waals surface area contributed by atoms with Gasteiger partial charge in [0.2, 0.25) is 0 Å². The third kappa shape index (κ3) is 6.76. The Morgan fingerprint density at radius 2 is 1.92 bits per heavy atom. The van der Waals surface area contributed by atoms with Crippen LogP contribution in [0.25, 0.3) is 0 Å². The molecule has 0 aliphatic rings. The van der Waals surface area contributed by atoms with Gasteiger partial charge >= 0.3 is 0 Å². The van der Waals surface area contributed by atoms with Crippen LogP contribution in [0.3, 0.4) is 0 Å². The molecule has 6 heteroatoms. The molecular formula is C6H16NO4P. The van der Waals surface area contributed by atoms with E-state index in [1.807, 2.05) is 21.1 Å². The van der Waals surface area contributed by atoms with Gasteiger partial charge in [0.05, 0.1) is 21.1 Å². The molecule has 0 aromatic rings. The van der Waals surface area contributed by atoms with E-state index in [2.05, 4.69) is 9.05 Å².